The maximum atomic E-state index is 12.9. The molecule has 3 aliphatic rings. The van der Waals surface area contributed by atoms with Gasteiger partial charge in [0.25, 0.3) is 0 Å². The number of rotatable bonds is 6. The molecule has 8 nitrogen and oxygen atoms in total. The molecule has 2 aromatic rings. The van der Waals surface area contributed by atoms with Gasteiger partial charge in [0.15, 0.2) is 5.60 Å². The fraction of sp³-hybridized carbons (Fsp3) is 0.400. The summed E-state index contributed by atoms with van der Waals surface area (Å²) in [6.45, 7) is -0.134. The lowest BCUT2D eigenvalue weighted by Crippen LogP contribution is -2.70. The number of likely N-dealkylation sites (tertiary alicyclic amines) is 1. The van der Waals surface area contributed by atoms with Gasteiger partial charge in [-0.1, -0.05) is 55.0 Å². The number of aliphatic carboxylic acids is 1. The Balaban J connectivity index is 1.18. The Hall–Kier alpha value is -3.39. The van der Waals surface area contributed by atoms with Crippen LogP contribution in [-0.2, 0) is 14.3 Å². The van der Waals surface area contributed by atoms with Crippen LogP contribution in [0, 0.1) is 5.41 Å². The number of nitrogens with zero attached hydrogens (tertiary/aromatic N) is 1. The lowest BCUT2D eigenvalue weighted by Gasteiger charge is -2.50. The number of ether oxygens (including phenoxy) is 1. The van der Waals surface area contributed by atoms with Crippen molar-refractivity contribution in [2.45, 2.75) is 30.8 Å². The molecule has 2 aromatic carbocycles. The highest BCUT2D eigenvalue weighted by molar-refractivity contribution is 5.89. The quantitative estimate of drug-likeness (QED) is 0.622. The molecule has 5 rings (SSSR count). The van der Waals surface area contributed by atoms with Crippen molar-refractivity contribution in [1.29, 1.82) is 0 Å². The number of nitrogens with one attached hydrogen (secondary N) is 1. The molecule has 2 fully saturated rings. The van der Waals surface area contributed by atoms with Gasteiger partial charge in [-0.05, 0) is 35.1 Å². The van der Waals surface area contributed by atoms with Gasteiger partial charge in [-0.3, -0.25) is 4.79 Å². The number of alkyl carbamates (subject to hydrolysis) is 1. The smallest absolute Gasteiger partial charge is 0.407 e. The molecule has 3 N–H and O–H groups in total. The number of amides is 2. The summed E-state index contributed by atoms with van der Waals surface area (Å²) < 4.78 is 5.56. The van der Waals surface area contributed by atoms with E-state index in [9.17, 15) is 19.5 Å². The number of carbonyl (C=O) groups excluding carboxylic acids is 2. The van der Waals surface area contributed by atoms with E-state index in [1.54, 1.807) is 0 Å². The third-order valence-electron chi connectivity index (χ3n) is 7.27. The van der Waals surface area contributed by atoms with Crippen molar-refractivity contribution in [3.8, 4) is 11.1 Å². The van der Waals surface area contributed by atoms with E-state index in [0.29, 0.717) is 12.8 Å². The van der Waals surface area contributed by atoms with E-state index in [-0.39, 0.29) is 38.1 Å². The zero-order valence-electron chi connectivity index (χ0n) is 18.1. The van der Waals surface area contributed by atoms with Crippen LogP contribution in [0.1, 0.15) is 36.3 Å². The second kappa shape index (κ2) is 7.88. The maximum Gasteiger partial charge on any atom is 0.407 e. The molecular formula is C25H26N2O6. The molecule has 1 saturated carbocycles. The number of carbonyl (C=O) groups is 3. The number of aliphatic hydroxyl groups is 1. The van der Waals surface area contributed by atoms with Crippen molar-refractivity contribution < 1.29 is 29.3 Å². The summed E-state index contributed by atoms with van der Waals surface area (Å²) in [5, 5.41) is 21.7. The zero-order valence-corrected chi connectivity index (χ0v) is 18.1. The van der Waals surface area contributed by atoms with Crippen LogP contribution in [0.2, 0.25) is 0 Å². The van der Waals surface area contributed by atoms with Crippen LogP contribution in [-0.4, -0.2) is 64.9 Å². The minimum Gasteiger partial charge on any atom is -0.479 e. The van der Waals surface area contributed by atoms with E-state index in [4.69, 9.17) is 9.84 Å². The highest BCUT2D eigenvalue weighted by Crippen LogP contribution is 2.45. The summed E-state index contributed by atoms with van der Waals surface area (Å²) in [5.41, 5.74) is 1.92. The maximum absolute atomic E-state index is 12.9. The number of carboxylic acids is 1. The zero-order chi connectivity index (χ0) is 23.2. The van der Waals surface area contributed by atoms with Gasteiger partial charge in [0, 0.05) is 12.5 Å². The van der Waals surface area contributed by atoms with Crippen molar-refractivity contribution in [3.05, 3.63) is 59.7 Å². The van der Waals surface area contributed by atoms with Crippen LogP contribution in [0.4, 0.5) is 4.79 Å². The van der Waals surface area contributed by atoms with Gasteiger partial charge in [0.1, 0.15) is 6.61 Å². The van der Waals surface area contributed by atoms with Gasteiger partial charge in [-0.15, -0.1) is 0 Å². The Morgan fingerprint density at radius 1 is 1.00 bits per heavy atom. The first-order chi connectivity index (χ1) is 15.8. The predicted molar refractivity (Wildman–Crippen MR) is 119 cm³/mol. The molecule has 1 aliphatic heterocycles. The summed E-state index contributed by atoms with van der Waals surface area (Å²) >= 11 is 0. The Bertz CT molecular complexity index is 1070. The van der Waals surface area contributed by atoms with E-state index in [2.05, 4.69) is 29.6 Å². The summed E-state index contributed by atoms with van der Waals surface area (Å²) in [6.07, 6.45) is 1.49. The Labute approximate surface area is 191 Å². The topological polar surface area (TPSA) is 116 Å². The van der Waals surface area contributed by atoms with Crippen LogP contribution in [0.3, 0.4) is 0 Å². The lowest BCUT2D eigenvalue weighted by atomic mass is 9.67. The number of hydrogen-bond acceptors (Lipinski definition) is 5. The Morgan fingerprint density at radius 2 is 1.58 bits per heavy atom. The second-order valence-electron chi connectivity index (χ2n) is 9.31. The molecule has 0 radical (unpaired) electrons. The number of carboxylic acid groups (broad SMARTS) is 1. The molecule has 172 valence electrons. The van der Waals surface area contributed by atoms with Crippen molar-refractivity contribution in [2.24, 2.45) is 5.41 Å². The fourth-order valence-electron chi connectivity index (χ4n) is 5.16. The van der Waals surface area contributed by atoms with Gasteiger partial charge in [0.05, 0.1) is 18.5 Å². The van der Waals surface area contributed by atoms with Crippen LogP contribution in [0.15, 0.2) is 48.5 Å². The molecule has 0 atom stereocenters. The van der Waals surface area contributed by atoms with Crippen molar-refractivity contribution in [1.82, 2.24) is 10.2 Å². The molecule has 1 heterocycles. The predicted octanol–water partition coefficient (Wildman–Crippen LogP) is 2.35. The summed E-state index contributed by atoms with van der Waals surface area (Å²) in [7, 11) is 0. The number of hydrogen-bond donors (Lipinski definition) is 3. The van der Waals surface area contributed by atoms with Crippen molar-refractivity contribution in [2.75, 3.05) is 26.2 Å². The summed E-state index contributed by atoms with van der Waals surface area (Å²) in [6, 6.07) is 16.2. The van der Waals surface area contributed by atoms with Gasteiger partial charge < -0.3 is 25.2 Å². The molecule has 33 heavy (non-hydrogen) atoms. The molecule has 2 aliphatic carbocycles. The highest BCUT2D eigenvalue weighted by Gasteiger charge is 2.55. The first-order valence-corrected chi connectivity index (χ1v) is 11.2. The van der Waals surface area contributed by atoms with E-state index in [1.807, 2.05) is 24.3 Å². The Morgan fingerprint density at radius 3 is 2.09 bits per heavy atom. The SMILES string of the molecule is O=C(NCC1(C(=O)N2CC(O)(C(=O)O)C2)CCC1)OCC1c2ccccc2-c2ccccc21. The van der Waals surface area contributed by atoms with Crippen LogP contribution in [0.25, 0.3) is 11.1 Å². The molecule has 8 heteroatoms. The van der Waals surface area contributed by atoms with Crippen molar-refractivity contribution in [3.63, 3.8) is 0 Å². The Kier molecular flexibility index (Phi) is 5.12. The van der Waals surface area contributed by atoms with Gasteiger partial charge in [0.2, 0.25) is 5.91 Å². The molecule has 2 amide bonds. The van der Waals surface area contributed by atoms with Crippen molar-refractivity contribution >= 4 is 18.0 Å². The molecule has 0 spiro atoms. The third-order valence-corrected chi connectivity index (χ3v) is 7.27. The molecule has 1 saturated heterocycles. The van der Waals surface area contributed by atoms with E-state index in [1.165, 1.54) is 4.90 Å². The summed E-state index contributed by atoms with van der Waals surface area (Å²) in [5.74, 6) is -1.60. The number of fused-ring (bicyclic) bond motifs is 3. The largest absolute Gasteiger partial charge is 0.479 e. The van der Waals surface area contributed by atoms with Gasteiger partial charge in [-0.25, -0.2) is 9.59 Å². The number of β-amino-alcohol motifs (C(OH)–C–C–N with tert-alkyl or cyclic N) is 1. The molecule has 0 aromatic heterocycles. The van der Waals surface area contributed by atoms with E-state index < -0.39 is 23.1 Å². The first-order valence-electron chi connectivity index (χ1n) is 11.2. The summed E-state index contributed by atoms with van der Waals surface area (Å²) in [4.78, 5) is 37.9. The van der Waals surface area contributed by atoms with E-state index in [0.717, 1.165) is 28.7 Å². The first kappa shape index (κ1) is 21.5. The minimum atomic E-state index is -1.87. The normalized spacial score (nSPS) is 19.5. The molecule has 0 bridgehead atoms. The lowest BCUT2D eigenvalue weighted by molar-refractivity contribution is -0.188. The molecule has 0 unspecified atom stereocenters. The average molecular weight is 450 g/mol. The van der Waals surface area contributed by atoms with Gasteiger partial charge >= 0.3 is 12.1 Å². The third kappa shape index (κ3) is 3.54. The van der Waals surface area contributed by atoms with Crippen LogP contribution < -0.4 is 5.32 Å². The molecular weight excluding hydrogens is 424 g/mol. The van der Waals surface area contributed by atoms with Gasteiger partial charge in [-0.2, -0.15) is 0 Å². The second-order valence-corrected chi connectivity index (χ2v) is 9.31. The fourth-order valence-corrected chi connectivity index (χ4v) is 5.16. The highest BCUT2D eigenvalue weighted by atomic mass is 16.5. The average Bonchev–Trinajstić information content (AvgIpc) is 3.08. The van der Waals surface area contributed by atoms with E-state index >= 15 is 0 Å². The number of benzene rings is 2. The minimum absolute atomic E-state index is 0.0442. The standard InChI is InChI=1S/C25H26N2O6/c28-21(27-14-25(32,15-27)22(29)30)24(10-5-11-24)13-26-23(31)33-12-20-18-8-3-1-6-16(18)17-7-2-4-9-19(17)20/h1-4,6-9,20,32H,5,10-15H2,(H,26,31)(H,29,30). The van der Waals surface area contributed by atoms with Crippen LogP contribution >= 0.6 is 0 Å². The monoisotopic (exact) mass is 450 g/mol. The van der Waals surface area contributed by atoms with Crippen LogP contribution in [0.5, 0.6) is 0 Å².